The molecule has 0 saturated carbocycles. The summed E-state index contributed by atoms with van der Waals surface area (Å²) < 4.78 is 6.96. The number of nitrogens with two attached hydrogens (primary N) is 1. The number of para-hydroxylation sites is 1. The smallest absolute Gasteiger partial charge is 0.137 e. The summed E-state index contributed by atoms with van der Waals surface area (Å²) in [4.78, 5) is 0. The van der Waals surface area contributed by atoms with E-state index in [1.54, 1.807) is 0 Å². The number of aliphatic hydroxyl groups is 1. The van der Waals surface area contributed by atoms with Crippen LogP contribution in [0, 0.1) is 0 Å². The Balaban J connectivity index is 1.85. The minimum absolute atomic E-state index is 0.316. The summed E-state index contributed by atoms with van der Waals surface area (Å²) in [5, 5.41) is 12.5. The lowest BCUT2D eigenvalue weighted by molar-refractivity contribution is -0.701. The van der Waals surface area contributed by atoms with Gasteiger partial charge in [-0.3, -0.25) is 0 Å². The van der Waals surface area contributed by atoms with E-state index in [0.29, 0.717) is 25.1 Å². The number of rotatable bonds is 9. The molecule has 0 aliphatic carbocycles. The van der Waals surface area contributed by atoms with Crippen LogP contribution in [0.5, 0.6) is 5.75 Å². The van der Waals surface area contributed by atoms with Gasteiger partial charge in [0.25, 0.3) is 0 Å². The first-order valence-corrected chi connectivity index (χ1v) is 9.79. The number of quaternary nitrogens is 1. The van der Waals surface area contributed by atoms with Crippen molar-refractivity contribution in [1.29, 1.82) is 0 Å². The van der Waals surface area contributed by atoms with Crippen molar-refractivity contribution in [2.75, 3.05) is 13.2 Å². The molecule has 0 heterocycles. The Morgan fingerprint density at radius 3 is 2.40 bits per heavy atom. The molecule has 0 bridgehead atoms. The fourth-order valence-electron chi connectivity index (χ4n) is 2.91. The van der Waals surface area contributed by atoms with Gasteiger partial charge >= 0.3 is 0 Å². The van der Waals surface area contributed by atoms with Crippen LogP contribution in [0.15, 0.2) is 53.0 Å². The summed E-state index contributed by atoms with van der Waals surface area (Å²) in [6.07, 6.45) is 0.524. The van der Waals surface area contributed by atoms with Crippen LogP contribution in [-0.4, -0.2) is 24.4 Å². The first kappa shape index (κ1) is 20.0. The zero-order valence-electron chi connectivity index (χ0n) is 15.3. The summed E-state index contributed by atoms with van der Waals surface area (Å²) in [7, 11) is 0. The lowest BCUT2D eigenvalue weighted by atomic mass is 10.0. The molecule has 3 N–H and O–H groups in total. The molecule has 2 rings (SSSR count). The fraction of sp³-hybridized carbons (Fsp3) is 0.429. The van der Waals surface area contributed by atoms with Gasteiger partial charge in [-0.25, -0.2) is 0 Å². The largest absolute Gasteiger partial charge is 0.490 e. The molecular weight excluding hydrogens is 378 g/mol. The van der Waals surface area contributed by atoms with Crippen LogP contribution < -0.4 is 10.1 Å². The van der Waals surface area contributed by atoms with Crippen LogP contribution in [0.1, 0.15) is 50.3 Å². The average molecular weight is 407 g/mol. The SMILES string of the molecule is CC[C@@H]([NH2+]C[C@@H](O)COc1ccccc1C(C)C)c1ccc(Br)cc1. The third-order valence-corrected chi connectivity index (χ3v) is 4.93. The van der Waals surface area contributed by atoms with Gasteiger partial charge in [0, 0.05) is 16.5 Å². The number of hydrogen-bond acceptors (Lipinski definition) is 2. The Bertz CT molecular complexity index is 643. The minimum Gasteiger partial charge on any atom is -0.490 e. The maximum atomic E-state index is 10.3. The molecule has 2 aromatic carbocycles. The average Bonchev–Trinajstić information content (AvgIpc) is 2.62. The van der Waals surface area contributed by atoms with Crippen LogP contribution >= 0.6 is 15.9 Å². The number of aliphatic hydroxyl groups excluding tert-OH is 1. The normalized spacial score (nSPS) is 13.7. The number of ether oxygens (including phenoxy) is 1. The zero-order valence-corrected chi connectivity index (χ0v) is 16.9. The minimum atomic E-state index is -0.496. The van der Waals surface area contributed by atoms with E-state index in [1.807, 2.05) is 18.2 Å². The van der Waals surface area contributed by atoms with Crippen molar-refractivity contribution in [3.63, 3.8) is 0 Å². The van der Waals surface area contributed by atoms with Crippen LogP contribution in [-0.2, 0) is 0 Å². The van der Waals surface area contributed by atoms with Gasteiger partial charge in [-0.2, -0.15) is 0 Å². The van der Waals surface area contributed by atoms with Crippen LogP contribution in [0.4, 0.5) is 0 Å². The molecule has 0 aromatic heterocycles. The highest BCUT2D eigenvalue weighted by Crippen LogP contribution is 2.25. The quantitative estimate of drug-likeness (QED) is 0.660. The Hall–Kier alpha value is -1.36. The maximum Gasteiger partial charge on any atom is 0.137 e. The van der Waals surface area contributed by atoms with E-state index in [4.69, 9.17) is 4.74 Å². The Labute approximate surface area is 159 Å². The van der Waals surface area contributed by atoms with Crippen molar-refractivity contribution >= 4 is 15.9 Å². The summed E-state index contributed by atoms with van der Waals surface area (Å²) >= 11 is 3.47. The molecule has 0 aliphatic heterocycles. The second-order valence-corrected chi connectivity index (χ2v) is 7.61. The summed E-state index contributed by atoms with van der Waals surface area (Å²) in [5.74, 6) is 1.28. The van der Waals surface area contributed by atoms with Crippen molar-refractivity contribution in [2.24, 2.45) is 0 Å². The van der Waals surface area contributed by atoms with Crippen molar-refractivity contribution in [3.05, 3.63) is 64.1 Å². The molecule has 0 unspecified atom stereocenters. The molecule has 0 spiro atoms. The molecule has 0 saturated heterocycles. The third-order valence-electron chi connectivity index (χ3n) is 4.40. The number of hydrogen-bond donors (Lipinski definition) is 2. The lowest BCUT2D eigenvalue weighted by Gasteiger charge is -2.19. The van der Waals surface area contributed by atoms with Crippen LogP contribution in [0.25, 0.3) is 0 Å². The number of benzene rings is 2. The molecular formula is C21H29BrNO2+. The summed E-state index contributed by atoms with van der Waals surface area (Å²) in [6.45, 7) is 7.41. The van der Waals surface area contributed by atoms with Gasteiger partial charge in [0.15, 0.2) is 0 Å². The predicted octanol–water partition coefficient (Wildman–Crippen LogP) is 4.03. The molecule has 0 amide bonds. The highest BCUT2D eigenvalue weighted by atomic mass is 79.9. The summed E-state index contributed by atoms with van der Waals surface area (Å²) in [5.41, 5.74) is 2.46. The van der Waals surface area contributed by atoms with Crippen LogP contribution in [0.3, 0.4) is 0 Å². The van der Waals surface area contributed by atoms with Gasteiger partial charge in [0.1, 0.15) is 31.0 Å². The van der Waals surface area contributed by atoms with Gasteiger partial charge in [-0.05, 0) is 29.7 Å². The zero-order chi connectivity index (χ0) is 18.2. The molecule has 4 heteroatoms. The van der Waals surface area contributed by atoms with Gasteiger partial charge in [0.05, 0.1) is 0 Å². The fourth-order valence-corrected chi connectivity index (χ4v) is 3.18. The van der Waals surface area contributed by atoms with Crippen molar-refractivity contribution < 1.29 is 15.2 Å². The van der Waals surface area contributed by atoms with Gasteiger partial charge in [0.2, 0.25) is 0 Å². The van der Waals surface area contributed by atoms with Gasteiger partial charge < -0.3 is 15.2 Å². The third kappa shape index (κ3) is 6.14. The van der Waals surface area contributed by atoms with E-state index in [0.717, 1.165) is 16.6 Å². The topological polar surface area (TPSA) is 46.1 Å². The van der Waals surface area contributed by atoms with E-state index in [-0.39, 0.29) is 0 Å². The molecule has 0 aliphatic rings. The van der Waals surface area contributed by atoms with Gasteiger partial charge in [-0.1, -0.05) is 67.0 Å². The Morgan fingerprint density at radius 1 is 1.08 bits per heavy atom. The predicted molar refractivity (Wildman–Crippen MR) is 106 cm³/mol. The molecule has 3 nitrogen and oxygen atoms in total. The molecule has 25 heavy (non-hydrogen) atoms. The molecule has 2 atom stereocenters. The van der Waals surface area contributed by atoms with Crippen molar-refractivity contribution in [2.45, 2.75) is 45.3 Å². The molecule has 0 radical (unpaired) electrons. The van der Waals surface area contributed by atoms with Crippen molar-refractivity contribution in [3.8, 4) is 5.75 Å². The van der Waals surface area contributed by atoms with E-state index in [9.17, 15) is 5.11 Å². The standard InChI is InChI=1S/C21H28BrNO2/c1-4-20(16-9-11-17(22)12-10-16)23-13-18(24)14-25-21-8-6-5-7-19(21)15(2)3/h5-12,15,18,20,23-24H,4,13-14H2,1-3H3/p+1/t18-,20-/m1/s1. The second kappa shape index (κ2) is 9.95. The van der Waals surface area contributed by atoms with Crippen molar-refractivity contribution in [1.82, 2.24) is 0 Å². The highest BCUT2D eigenvalue weighted by molar-refractivity contribution is 9.10. The maximum absolute atomic E-state index is 10.3. The summed E-state index contributed by atoms with van der Waals surface area (Å²) in [6, 6.07) is 16.8. The van der Waals surface area contributed by atoms with E-state index >= 15 is 0 Å². The van der Waals surface area contributed by atoms with E-state index in [2.05, 4.69) is 72.3 Å². The first-order chi connectivity index (χ1) is 12.0. The first-order valence-electron chi connectivity index (χ1n) is 8.99. The highest BCUT2D eigenvalue weighted by Gasteiger charge is 2.16. The molecule has 2 aromatic rings. The van der Waals surface area contributed by atoms with E-state index < -0.39 is 6.10 Å². The van der Waals surface area contributed by atoms with Crippen LogP contribution in [0.2, 0.25) is 0 Å². The second-order valence-electron chi connectivity index (χ2n) is 6.70. The Morgan fingerprint density at radius 2 is 1.76 bits per heavy atom. The van der Waals surface area contributed by atoms with Gasteiger partial charge in [-0.15, -0.1) is 0 Å². The Kier molecular flexibility index (Phi) is 7.94. The number of halogens is 1. The van der Waals surface area contributed by atoms with E-state index in [1.165, 1.54) is 11.1 Å². The molecule has 0 fully saturated rings. The lowest BCUT2D eigenvalue weighted by Crippen LogP contribution is -2.87. The monoisotopic (exact) mass is 406 g/mol. The molecule has 136 valence electrons.